The largest absolute Gasteiger partial charge is 0.472 e. The number of aliphatic hydroxyl groups is 1. The van der Waals surface area contributed by atoms with Gasteiger partial charge in [-0.3, -0.25) is 37.3 Å². The minimum Gasteiger partial charge on any atom is -0.462 e. The van der Waals surface area contributed by atoms with Crippen LogP contribution in [0.2, 0.25) is 0 Å². The molecule has 3 N–H and O–H groups in total. The highest BCUT2D eigenvalue weighted by atomic mass is 31.2. The summed E-state index contributed by atoms with van der Waals surface area (Å²) in [5.41, 5.74) is 0. The third-order valence-electron chi connectivity index (χ3n) is 20.4. The fraction of sp³-hybridized carbons (Fsp3) is 0.953. The molecule has 0 radical (unpaired) electrons. The second-order valence-electron chi connectivity index (χ2n) is 30.8. The third-order valence-corrected chi connectivity index (χ3v) is 22.3. The van der Waals surface area contributed by atoms with Crippen LogP contribution in [0.15, 0.2) is 0 Å². The topological polar surface area (TPSA) is 237 Å². The van der Waals surface area contributed by atoms with Crippen molar-refractivity contribution in [3.8, 4) is 0 Å². The summed E-state index contributed by atoms with van der Waals surface area (Å²) in [7, 11) is -9.92. The maximum Gasteiger partial charge on any atom is 0.472 e. The molecule has 104 heavy (non-hydrogen) atoms. The summed E-state index contributed by atoms with van der Waals surface area (Å²) in [5.74, 6) is -1.23. The zero-order valence-electron chi connectivity index (χ0n) is 68.2. The lowest BCUT2D eigenvalue weighted by Gasteiger charge is -2.21. The van der Waals surface area contributed by atoms with Crippen molar-refractivity contribution in [2.75, 3.05) is 39.6 Å². The van der Waals surface area contributed by atoms with Crippen LogP contribution in [0, 0.1) is 5.92 Å². The van der Waals surface area contributed by atoms with Gasteiger partial charge in [-0.2, -0.15) is 0 Å². The SMILES string of the molecule is CCCCCCCCCCCCCCCCCCC(=O)OC[C@H](COP(=O)(O)OC[C@@H](O)COP(=O)(O)OC[C@@H](COC(=O)CCCCCCCCCCCCC)OC(=O)CCCCCCCCCCCCCCCCC)OC(=O)CCCCCCCCCCCCCCCCCCCCC(C)CC. The van der Waals surface area contributed by atoms with Crippen LogP contribution in [-0.2, 0) is 65.4 Å². The first-order valence-corrected chi connectivity index (χ1v) is 47.2. The summed E-state index contributed by atoms with van der Waals surface area (Å²) in [5, 5.41) is 10.7. The van der Waals surface area contributed by atoms with Crippen LogP contribution < -0.4 is 0 Å². The molecule has 0 amide bonds. The number of rotatable bonds is 85. The molecule has 0 aliphatic carbocycles. The number of hydrogen-bond donors (Lipinski definition) is 3. The monoisotopic (exact) mass is 1520 g/mol. The Morgan fingerprint density at radius 3 is 0.683 bits per heavy atom. The Kier molecular flexibility index (Phi) is 76.3. The highest BCUT2D eigenvalue weighted by Gasteiger charge is 2.30. The number of unbranched alkanes of at least 4 members (excludes halogenated alkanes) is 56. The van der Waals surface area contributed by atoms with Gasteiger partial charge in [-0.25, -0.2) is 9.13 Å². The number of phosphoric ester groups is 2. The second kappa shape index (κ2) is 77.8. The summed E-state index contributed by atoms with van der Waals surface area (Å²) in [6, 6.07) is 0. The Morgan fingerprint density at radius 2 is 0.462 bits per heavy atom. The van der Waals surface area contributed by atoms with Gasteiger partial charge in [0.25, 0.3) is 0 Å². The predicted octanol–water partition coefficient (Wildman–Crippen LogP) is 26.0. The van der Waals surface area contributed by atoms with Crippen molar-refractivity contribution in [1.82, 2.24) is 0 Å². The number of ether oxygens (including phenoxy) is 4. The average molecular weight is 1520 g/mol. The molecule has 0 aliphatic rings. The Labute approximate surface area is 638 Å². The van der Waals surface area contributed by atoms with Crippen LogP contribution in [0.4, 0.5) is 0 Å². The minimum absolute atomic E-state index is 0.109. The molecule has 0 aromatic heterocycles. The van der Waals surface area contributed by atoms with Crippen molar-refractivity contribution in [3.63, 3.8) is 0 Å². The molecule has 17 nitrogen and oxygen atoms in total. The zero-order chi connectivity index (χ0) is 76.2. The first-order chi connectivity index (χ1) is 50.6. The van der Waals surface area contributed by atoms with E-state index in [0.717, 1.165) is 95.8 Å². The molecule has 6 atom stereocenters. The van der Waals surface area contributed by atoms with Gasteiger partial charge in [-0.05, 0) is 31.6 Å². The van der Waals surface area contributed by atoms with Gasteiger partial charge in [0.1, 0.15) is 19.3 Å². The van der Waals surface area contributed by atoms with Gasteiger partial charge >= 0.3 is 39.5 Å². The summed E-state index contributed by atoms with van der Waals surface area (Å²) in [6.45, 7) is 7.43. The molecule has 0 rings (SSSR count). The fourth-order valence-corrected chi connectivity index (χ4v) is 14.8. The van der Waals surface area contributed by atoms with Gasteiger partial charge in [0, 0.05) is 25.7 Å². The summed E-state index contributed by atoms with van der Waals surface area (Å²) in [6.07, 6.45) is 70.6. The number of aliphatic hydroxyl groups excluding tert-OH is 1. The molecule has 0 aromatic rings. The predicted molar refractivity (Wildman–Crippen MR) is 428 cm³/mol. The van der Waals surface area contributed by atoms with Gasteiger partial charge in [0.15, 0.2) is 12.2 Å². The Morgan fingerprint density at radius 1 is 0.269 bits per heavy atom. The molecular formula is C85H166O17P2. The van der Waals surface area contributed by atoms with Crippen molar-refractivity contribution in [2.45, 2.75) is 477 Å². The zero-order valence-corrected chi connectivity index (χ0v) is 70.0. The van der Waals surface area contributed by atoms with E-state index in [4.69, 9.17) is 37.0 Å². The summed E-state index contributed by atoms with van der Waals surface area (Å²) < 4.78 is 68.9. The van der Waals surface area contributed by atoms with Crippen molar-refractivity contribution < 1.29 is 80.2 Å². The van der Waals surface area contributed by atoms with E-state index in [1.807, 2.05) is 0 Å². The average Bonchev–Trinajstić information content (AvgIpc) is 0.908. The van der Waals surface area contributed by atoms with E-state index < -0.39 is 97.5 Å². The molecule has 3 unspecified atom stereocenters. The lowest BCUT2D eigenvalue weighted by atomic mass is 9.99. The Bertz CT molecular complexity index is 1980. The maximum atomic E-state index is 13.1. The van der Waals surface area contributed by atoms with E-state index in [2.05, 4.69) is 34.6 Å². The van der Waals surface area contributed by atoms with Gasteiger partial charge in [0.05, 0.1) is 26.4 Å². The lowest BCUT2D eigenvalue weighted by Crippen LogP contribution is -2.30. The molecule has 0 saturated heterocycles. The van der Waals surface area contributed by atoms with Crippen molar-refractivity contribution in [1.29, 1.82) is 0 Å². The number of carbonyl (C=O) groups is 4. The number of esters is 4. The van der Waals surface area contributed by atoms with Gasteiger partial charge in [-0.1, -0.05) is 407 Å². The van der Waals surface area contributed by atoms with Crippen molar-refractivity contribution in [3.05, 3.63) is 0 Å². The Balaban J connectivity index is 5.23. The van der Waals surface area contributed by atoms with Gasteiger partial charge in [-0.15, -0.1) is 0 Å². The lowest BCUT2D eigenvalue weighted by molar-refractivity contribution is -0.161. The number of phosphoric acid groups is 2. The molecule has 0 aliphatic heterocycles. The quantitative estimate of drug-likeness (QED) is 0.0222. The standard InChI is InChI=1S/C85H166O17P2/c1-6-10-13-16-19-22-25-27-29-36-39-44-49-54-59-64-69-83(88)96-75-81(102-85(90)71-66-61-56-51-46-41-37-33-31-30-32-35-38-43-47-52-57-62-67-78(5)9-4)77-100-104(93,94)98-73-79(86)72-97-103(91,92)99-76-80(74-95-82(87)68-63-58-53-48-42-24-21-18-15-12-8-3)101-84(89)70-65-60-55-50-45-40-34-28-26-23-20-17-14-11-7-2/h78-81,86H,6-77H2,1-5H3,(H,91,92)(H,93,94)/t78?,79-,80+,81+/m0/s1. The van der Waals surface area contributed by atoms with E-state index >= 15 is 0 Å². The smallest absolute Gasteiger partial charge is 0.462 e. The van der Waals surface area contributed by atoms with Crippen LogP contribution in [0.5, 0.6) is 0 Å². The van der Waals surface area contributed by atoms with Crippen LogP contribution in [0.3, 0.4) is 0 Å². The van der Waals surface area contributed by atoms with Crippen LogP contribution in [0.25, 0.3) is 0 Å². The minimum atomic E-state index is -4.96. The first kappa shape index (κ1) is 102. The Hall–Kier alpha value is -1.94. The van der Waals surface area contributed by atoms with Crippen molar-refractivity contribution in [2.24, 2.45) is 5.92 Å². The van der Waals surface area contributed by atoms with E-state index in [-0.39, 0.29) is 25.7 Å². The third kappa shape index (κ3) is 76.8. The fourth-order valence-electron chi connectivity index (χ4n) is 13.3. The summed E-state index contributed by atoms with van der Waals surface area (Å²) >= 11 is 0. The van der Waals surface area contributed by atoms with E-state index in [9.17, 15) is 43.2 Å². The van der Waals surface area contributed by atoms with E-state index in [1.54, 1.807) is 0 Å². The molecule has 0 saturated carbocycles. The second-order valence-corrected chi connectivity index (χ2v) is 33.7. The van der Waals surface area contributed by atoms with Gasteiger partial charge < -0.3 is 33.8 Å². The highest BCUT2D eigenvalue weighted by molar-refractivity contribution is 7.47. The van der Waals surface area contributed by atoms with Gasteiger partial charge in [0.2, 0.25) is 0 Å². The molecule has 0 bridgehead atoms. The van der Waals surface area contributed by atoms with E-state index in [0.29, 0.717) is 25.7 Å². The molecule has 0 heterocycles. The normalized spacial score (nSPS) is 14.0. The van der Waals surface area contributed by atoms with Crippen LogP contribution in [-0.4, -0.2) is 96.7 Å². The van der Waals surface area contributed by atoms with E-state index in [1.165, 1.54) is 283 Å². The molecule has 19 heteroatoms. The maximum absolute atomic E-state index is 13.1. The molecular weight excluding hydrogens is 1350 g/mol. The molecule has 0 aromatic carbocycles. The van der Waals surface area contributed by atoms with Crippen LogP contribution >= 0.6 is 15.6 Å². The van der Waals surface area contributed by atoms with Crippen molar-refractivity contribution >= 4 is 39.5 Å². The molecule has 0 spiro atoms. The summed E-state index contributed by atoms with van der Waals surface area (Å²) in [4.78, 5) is 73.2. The highest BCUT2D eigenvalue weighted by Crippen LogP contribution is 2.45. The van der Waals surface area contributed by atoms with Crippen LogP contribution in [0.1, 0.15) is 458 Å². The molecule has 0 fully saturated rings. The number of carbonyl (C=O) groups excluding carboxylic acids is 4. The number of hydrogen-bond acceptors (Lipinski definition) is 15. The first-order valence-electron chi connectivity index (χ1n) is 44.2. The molecule has 618 valence electrons.